The lowest BCUT2D eigenvalue weighted by molar-refractivity contribution is 0.0599. The number of esters is 1. The number of fused-ring (bicyclic) bond motifs is 1. The molecule has 156 valence electrons. The fraction of sp³-hybridized carbons (Fsp3) is 0.217. The predicted molar refractivity (Wildman–Crippen MR) is 113 cm³/mol. The third kappa shape index (κ3) is 3.56. The molecule has 0 aliphatic heterocycles. The Morgan fingerprint density at radius 3 is 2.55 bits per heavy atom. The summed E-state index contributed by atoms with van der Waals surface area (Å²) in [5.41, 5.74) is 4.56. The maximum absolute atomic E-state index is 11.8. The van der Waals surface area contributed by atoms with Crippen molar-refractivity contribution in [1.29, 1.82) is 0 Å². The van der Waals surface area contributed by atoms with E-state index in [-0.39, 0.29) is 11.7 Å². The number of benzene rings is 2. The van der Waals surface area contributed by atoms with E-state index in [2.05, 4.69) is 39.1 Å². The summed E-state index contributed by atoms with van der Waals surface area (Å²) in [6, 6.07) is 15.8. The van der Waals surface area contributed by atoms with Gasteiger partial charge in [-0.1, -0.05) is 11.3 Å². The fourth-order valence-corrected chi connectivity index (χ4v) is 3.89. The smallest absolute Gasteiger partial charge is 0.358 e. The Balaban J connectivity index is 1.60. The highest BCUT2D eigenvalue weighted by atomic mass is 16.5. The summed E-state index contributed by atoms with van der Waals surface area (Å²) in [6.45, 7) is 0.354. The van der Waals surface area contributed by atoms with Crippen molar-refractivity contribution in [2.24, 2.45) is 0 Å². The average Bonchev–Trinajstić information content (AvgIpc) is 3.42. The van der Waals surface area contributed by atoms with Crippen LogP contribution in [-0.2, 0) is 11.3 Å². The average molecular weight is 416 g/mol. The van der Waals surface area contributed by atoms with Crippen LogP contribution in [0.5, 0.6) is 0 Å². The van der Waals surface area contributed by atoms with Crippen LogP contribution in [0.25, 0.3) is 16.6 Å². The van der Waals surface area contributed by atoms with Gasteiger partial charge in [0.2, 0.25) is 0 Å². The van der Waals surface area contributed by atoms with Gasteiger partial charge in [0, 0.05) is 16.8 Å². The van der Waals surface area contributed by atoms with Crippen LogP contribution in [0.2, 0.25) is 0 Å². The van der Waals surface area contributed by atoms with Gasteiger partial charge in [-0.25, -0.2) is 14.3 Å². The Bertz CT molecular complexity index is 1300. The Labute approximate surface area is 177 Å². The minimum atomic E-state index is -1.11. The molecule has 5 rings (SSSR count). The van der Waals surface area contributed by atoms with Gasteiger partial charge in [0.25, 0.3) is 0 Å². The number of aromatic nitrogens is 4. The van der Waals surface area contributed by atoms with Gasteiger partial charge in [0.15, 0.2) is 5.69 Å². The summed E-state index contributed by atoms with van der Waals surface area (Å²) in [6.07, 6.45) is 3.87. The van der Waals surface area contributed by atoms with E-state index in [1.807, 2.05) is 12.1 Å². The zero-order valence-corrected chi connectivity index (χ0v) is 16.9. The highest BCUT2D eigenvalue weighted by Crippen LogP contribution is 2.41. The lowest BCUT2D eigenvalue weighted by atomic mass is 10.1. The largest absolute Gasteiger partial charge is 0.476 e. The van der Waals surface area contributed by atoms with Crippen molar-refractivity contribution in [3.8, 4) is 5.69 Å². The van der Waals surface area contributed by atoms with Gasteiger partial charge >= 0.3 is 11.9 Å². The van der Waals surface area contributed by atoms with E-state index in [9.17, 15) is 9.59 Å². The number of carboxylic acid groups (broad SMARTS) is 1. The SMILES string of the molecule is COC(=O)c1ccc(-n2c(Cn3cc(C(=O)O)nn3)cc3cc(C4CC4)ccc32)cc1. The molecule has 0 atom stereocenters. The summed E-state index contributed by atoms with van der Waals surface area (Å²) in [7, 11) is 1.36. The number of hydrogen-bond donors (Lipinski definition) is 1. The van der Waals surface area contributed by atoms with Gasteiger partial charge in [-0.15, -0.1) is 5.10 Å². The third-order valence-corrected chi connectivity index (χ3v) is 5.58. The molecule has 0 radical (unpaired) electrons. The van der Waals surface area contributed by atoms with Crippen LogP contribution in [-0.4, -0.2) is 43.7 Å². The first-order chi connectivity index (χ1) is 15.0. The standard InChI is InChI=1S/C23H20N4O4/c1-31-23(30)15-4-7-18(8-5-15)27-19(12-26-13-20(22(28)29)24-25-26)11-17-10-16(14-2-3-14)6-9-21(17)27/h4-11,13-14H,2-3,12H2,1H3,(H,28,29). The van der Waals surface area contributed by atoms with Gasteiger partial charge in [0.1, 0.15) is 0 Å². The van der Waals surface area contributed by atoms with E-state index in [0.717, 1.165) is 22.3 Å². The van der Waals surface area contributed by atoms with Crippen molar-refractivity contribution in [3.63, 3.8) is 0 Å². The van der Waals surface area contributed by atoms with Crippen molar-refractivity contribution < 1.29 is 19.4 Å². The second-order valence-corrected chi connectivity index (χ2v) is 7.71. The van der Waals surface area contributed by atoms with Gasteiger partial charge < -0.3 is 14.4 Å². The van der Waals surface area contributed by atoms with E-state index in [1.165, 1.54) is 36.4 Å². The van der Waals surface area contributed by atoms with Crippen LogP contribution in [0.3, 0.4) is 0 Å². The molecule has 31 heavy (non-hydrogen) atoms. The van der Waals surface area contributed by atoms with Crippen molar-refractivity contribution in [3.05, 3.63) is 77.2 Å². The van der Waals surface area contributed by atoms with Crippen molar-refractivity contribution in [2.45, 2.75) is 25.3 Å². The first kappa shape index (κ1) is 19.0. The predicted octanol–water partition coefficient (Wildman–Crippen LogP) is 3.63. The monoisotopic (exact) mass is 416 g/mol. The zero-order chi connectivity index (χ0) is 21.5. The molecule has 2 aromatic heterocycles. The van der Waals surface area contributed by atoms with Crippen LogP contribution in [0.15, 0.2) is 54.7 Å². The molecule has 1 fully saturated rings. The van der Waals surface area contributed by atoms with Crippen LogP contribution >= 0.6 is 0 Å². The summed E-state index contributed by atoms with van der Waals surface area (Å²) in [5, 5.41) is 17.9. The van der Waals surface area contributed by atoms with Crippen molar-refractivity contribution >= 4 is 22.8 Å². The molecular weight excluding hydrogens is 396 g/mol. The normalized spacial score (nSPS) is 13.5. The lowest BCUT2D eigenvalue weighted by Crippen LogP contribution is -2.07. The maximum Gasteiger partial charge on any atom is 0.358 e. The fourth-order valence-electron chi connectivity index (χ4n) is 3.89. The zero-order valence-electron chi connectivity index (χ0n) is 16.9. The number of ether oxygens (including phenoxy) is 1. The summed E-state index contributed by atoms with van der Waals surface area (Å²) in [4.78, 5) is 23.0. The van der Waals surface area contributed by atoms with Gasteiger partial charge in [-0.2, -0.15) is 0 Å². The molecular formula is C23H20N4O4. The Morgan fingerprint density at radius 1 is 1.13 bits per heavy atom. The summed E-state index contributed by atoms with van der Waals surface area (Å²) in [5.74, 6) is -0.856. The minimum Gasteiger partial charge on any atom is -0.476 e. The number of hydrogen-bond acceptors (Lipinski definition) is 5. The Morgan fingerprint density at radius 2 is 1.90 bits per heavy atom. The van der Waals surface area contributed by atoms with Crippen LogP contribution in [0.1, 0.15) is 50.9 Å². The number of carbonyl (C=O) groups is 2. The second-order valence-electron chi connectivity index (χ2n) is 7.71. The molecule has 1 aliphatic rings. The quantitative estimate of drug-likeness (QED) is 0.482. The number of nitrogens with zero attached hydrogens (tertiary/aromatic N) is 4. The summed E-state index contributed by atoms with van der Waals surface area (Å²) < 4.78 is 8.40. The first-order valence-corrected chi connectivity index (χ1v) is 10.00. The third-order valence-electron chi connectivity index (χ3n) is 5.58. The number of rotatable bonds is 6. The molecule has 1 N–H and O–H groups in total. The van der Waals surface area contributed by atoms with Crippen LogP contribution in [0.4, 0.5) is 0 Å². The molecule has 1 saturated carbocycles. The first-order valence-electron chi connectivity index (χ1n) is 10.00. The highest BCUT2D eigenvalue weighted by molar-refractivity contribution is 5.90. The van der Waals surface area contributed by atoms with Crippen molar-refractivity contribution in [1.82, 2.24) is 19.6 Å². The van der Waals surface area contributed by atoms with Crippen molar-refractivity contribution in [2.75, 3.05) is 7.11 Å². The molecule has 2 heterocycles. The highest BCUT2D eigenvalue weighted by Gasteiger charge is 2.24. The molecule has 0 unspecified atom stereocenters. The number of carbonyl (C=O) groups excluding carboxylic acids is 1. The maximum atomic E-state index is 11.8. The van der Waals surface area contributed by atoms with Gasteiger partial charge in [-0.3, -0.25) is 0 Å². The molecule has 8 heteroatoms. The number of aromatic carboxylic acids is 1. The molecule has 1 aliphatic carbocycles. The lowest BCUT2D eigenvalue weighted by Gasteiger charge is -2.12. The van der Waals surface area contributed by atoms with Crippen LogP contribution in [0, 0.1) is 0 Å². The Hall–Kier alpha value is -3.94. The summed E-state index contributed by atoms with van der Waals surface area (Å²) >= 11 is 0. The molecule has 2 aromatic carbocycles. The van der Waals surface area contributed by atoms with E-state index in [1.54, 1.807) is 12.1 Å². The Kier molecular flexibility index (Phi) is 4.54. The second kappa shape index (κ2) is 7.39. The van der Waals surface area contributed by atoms with E-state index in [0.29, 0.717) is 18.0 Å². The molecule has 0 bridgehead atoms. The minimum absolute atomic E-state index is 0.0962. The van der Waals surface area contributed by atoms with E-state index < -0.39 is 5.97 Å². The molecule has 0 amide bonds. The van der Waals surface area contributed by atoms with Gasteiger partial charge in [-0.05, 0) is 66.8 Å². The number of carboxylic acids is 1. The topological polar surface area (TPSA) is 99.2 Å². The van der Waals surface area contributed by atoms with Gasteiger partial charge in [0.05, 0.1) is 30.9 Å². The number of methoxy groups -OCH3 is 1. The molecule has 4 aromatic rings. The molecule has 0 saturated heterocycles. The van der Waals surface area contributed by atoms with E-state index in [4.69, 9.17) is 9.84 Å². The molecule has 0 spiro atoms. The van der Waals surface area contributed by atoms with E-state index >= 15 is 0 Å². The van der Waals surface area contributed by atoms with Crippen LogP contribution < -0.4 is 0 Å². The molecule has 8 nitrogen and oxygen atoms in total.